The van der Waals surface area contributed by atoms with Gasteiger partial charge >= 0.3 is 0 Å². The number of aromatic nitrogens is 1. The fourth-order valence-corrected chi connectivity index (χ4v) is 3.43. The van der Waals surface area contributed by atoms with Crippen LogP contribution in [0.15, 0.2) is 24.4 Å². The van der Waals surface area contributed by atoms with Crippen LogP contribution in [0.25, 0.3) is 0 Å². The maximum absolute atomic E-state index is 12.9. The van der Waals surface area contributed by atoms with Crippen molar-refractivity contribution in [2.45, 2.75) is 39.8 Å². The van der Waals surface area contributed by atoms with E-state index < -0.39 is 6.04 Å². The third kappa shape index (κ3) is 6.29. The molecule has 150 valence electrons. The zero-order valence-corrected chi connectivity index (χ0v) is 16.9. The average Bonchev–Trinajstić information content (AvgIpc) is 2.69. The monoisotopic (exact) mass is 375 g/mol. The highest BCUT2D eigenvalue weighted by atomic mass is 16.2. The Bertz CT molecular complexity index is 591. The molecule has 2 heterocycles. The molecule has 1 N–H and O–H groups in total. The molecule has 0 aliphatic carbocycles. The molecule has 7 nitrogen and oxygen atoms in total. The number of nitrogens with zero attached hydrogens (tertiary/aromatic N) is 4. The van der Waals surface area contributed by atoms with Gasteiger partial charge in [-0.1, -0.05) is 19.9 Å². The lowest BCUT2D eigenvalue weighted by atomic mass is 10.1. The molecule has 0 aromatic carbocycles. The minimum Gasteiger partial charge on any atom is -0.353 e. The predicted molar refractivity (Wildman–Crippen MR) is 106 cm³/mol. The van der Waals surface area contributed by atoms with Crippen molar-refractivity contribution in [2.24, 2.45) is 0 Å². The SMILES string of the molecule is CCN(CC)CCN(CC)C(=O)CC1C(=O)NCCN1Cc1ccccn1. The molecule has 2 rings (SSSR count). The molecule has 1 saturated heterocycles. The summed E-state index contributed by atoms with van der Waals surface area (Å²) in [6.07, 6.45) is 1.97. The number of hydrogen-bond acceptors (Lipinski definition) is 5. The second kappa shape index (κ2) is 11.0. The van der Waals surface area contributed by atoms with Gasteiger partial charge in [0.25, 0.3) is 0 Å². The van der Waals surface area contributed by atoms with Gasteiger partial charge in [0.2, 0.25) is 11.8 Å². The first-order chi connectivity index (χ1) is 13.1. The standard InChI is InChI=1S/C20H33N5O2/c1-4-23(5-2)13-14-24(6-3)19(26)15-18-20(27)22-11-12-25(18)16-17-9-7-8-10-21-17/h7-10,18H,4-6,11-16H2,1-3H3,(H,22,27). The van der Waals surface area contributed by atoms with Crippen molar-refractivity contribution in [2.75, 3.05) is 45.8 Å². The molecule has 1 aliphatic rings. The minimum absolute atomic E-state index is 0.0396. The lowest BCUT2D eigenvalue weighted by Gasteiger charge is -2.35. The topological polar surface area (TPSA) is 68.8 Å². The summed E-state index contributed by atoms with van der Waals surface area (Å²) in [4.78, 5) is 35.9. The van der Waals surface area contributed by atoms with Crippen LogP contribution in [0.1, 0.15) is 32.9 Å². The van der Waals surface area contributed by atoms with Crippen LogP contribution in [0.2, 0.25) is 0 Å². The van der Waals surface area contributed by atoms with Crippen molar-refractivity contribution in [1.29, 1.82) is 0 Å². The smallest absolute Gasteiger partial charge is 0.237 e. The fraction of sp³-hybridized carbons (Fsp3) is 0.650. The molecule has 7 heteroatoms. The lowest BCUT2D eigenvalue weighted by molar-refractivity contribution is -0.139. The van der Waals surface area contributed by atoms with E-state index in [0.29, 0.717) is 26.2 Å². The second-order valence-electron chi connectivity index (χ2n) is 6.80. The normalized spacial score (nSPS) is 17.8. The summed E-state index contributed by atoms with van der Waals surface area (Å²) in [5, 5.41) is 2.90. The first-order valence-electron chi connectivity index (χ1n) is 10.0. The Morgan fingerprint density at radius 3 is 2.63 bits per heavy atom. The van der Waals surface area contributed by atoms with Gasteiger partial charge in [-0.15, -0.1) is 0 Å². The summed E-state index contributed by atoms with van der Waals surface area (Å²) >= 11 is 0. The highest BCUT2D eigenvalue weighted by Gasteiger charge is 2.32. The molecule has 1 aliphatic heterocycles. The van der Waals surface area contributed by atoms with E-state index in [-0.39, 0.29) is 18.2 Å². The van der Waals surface area contributed by atoms with Crippen molar-refractivity contribution in [3.8, 4) is 0 Å². The van der Waals surface area contributed by atoms with Crippen LogP contribution in [0.4, 0.5) is 0 Å². The van der Waals surface area contributed by atoms with E-state index >= 15 is 0 Å². The van der Waals surface area contributed by atoms with Crippen molar-refractivity contribution in [3.63, 3.8) is 0 Å². The van der Waals surface area contributed by atoms with Gasteiger partial charge in [-0.3, -0.25) is 19.5 Å². The van der Waals surface area contributed by atoms with E-state index in [1.54, 1.807) is 6.20 Å². The third-order valence-electron chi connectivity index (χ3n) is 5.22. The quantitative estimate of drug-likeness (QED) is 0.660. The molecule has 1 fully saturated rings. The lowest BCUT2D eigenvalue weighted by Crippen LogP contribution is -2.56. The molecule has 0 bridgehead atoms. The number of carbonyl (C=O) groups excluding carboxylic acids is 2. The molecule has 2 amide bonds. The Morgan fingerprint density at radius 2 is 2.00 bits per heavy atom. The average molecular weight is 376 g/mol. The highest BCUT2D eigenvalue weighted by molar-refractivity contribution is 5.88. The summed E-state index contributed by atoms with van der Waals surface area (Å²) in [5.74, 6) is -0.0249. The van der Waals surface area contributed by atoms with Gasteiger partial charge in [0.05, 0.1) is 18.2 Å². The first-order valence-corrected chi connectivity index (χ1v) is 10.0. The maximum atomic E-state index is 12.9. The highest BCUT2D eigenvalue weighted by Crippen LogP contribution is 2.14. The minimum atomic E-state index is -0.434. The summed E-state index contributed by atoms with van der Waals surface area (Å²) in [6.45, 7) is 12.3. The summed E-state index contributed by atoms with van der Waals surface area (Å²) in [6, 6.07) is 5.34. The molecule has 0 spiro atoms. The molecule has 27 heavy (non-hydrogen) atoms. The fourth-order valence-electron chi connectivity index (χ4n) is 3.43. The number of likely N-dealkylation sites (N-methyl/N-ethyl adjacent to an activating group) is 2. The van der Waals surface area contributed by atoms with E-state index in [1.807, 2.05) is 30.0 Å². The van der Waals surface area contributed by atoms with Gasteiger partial charge < -0.3 is 15.1 Å². The number of nitrogens with one attached hydrogen (secondary N) is 1. The van der Waals surface area contributed by atoms with Crippen LogP contribution in [0.3, 0.4) is 0 Å². The summed E-state index contributed by atoms with van der Waals surface area (Å²) in [7, 11) is 0. The van der Waals surface area contributed by atoms with Gasteiger partial charge in [-0.25, -0.2) is 0 Å². The molecule has 1 atom stereocenters. The molecular weight excluding hydrogens is 342 g/mol. The second-order valence-corrected chi connectivity index (χ2v) is 6.80. The van der Waals surface area contributed by atoms with Gasteiger partial charge in [0.1, 0.15) is 0 Å². The van der Waals surface area contributed by atoms with Crippen molar-refractivity contribution in [1.82, 2.24) is 25.0 Å². The molecule has 1 unspecified atom stereocenters. The van der Waals surface area contributed by atoms with Crippen LogP contribution in [-0.4, -0.2) is 83.4 Å². The Morgan fingerprint density at radius 1 is 1.22 bits per heavy atom. The molecule has 1 aromatic heterocycles. The molecular formula is C20H33N5O2. The van der Waals surface area contributed by atoms with Gasteiger partial charge in [-0.2, -0.15) is 0 Å². The van der Waals surface area contributed by atoms with Gasteiger partial charge in [0.15, 0.2) is 0 Å². The first kappa shape index (κ1) is 21.3. The van der Waals surface area contributed by atoms with Crippen LogP contribution in [-0.2, 0) is 16.1 Å². The van der Waals surface area contributed by atoms with Crippen LogP contribution < -0.4 is 5.32 Å². The molecule has 0 saturated carbocycles. The van der Waals surface area contributed by atoms with E-state index in [1.165, 1.54) is 0 Å². The van der Waals surface area contributed by atoms with Gasteiger partial charge in [-0.05, 0) is 32.1 Å². The van der Waals surface area contributed by atoms with E-state index in [0.717, 1.165) is 31.9 Å². The van der Waals surface area contributed by atoms with Crippen LogP contribution in [0.5, 0.6) is 0 Å². The van der Waals surface area contributed by atoms with Gasteiger partial charge in [0, 0.05) is 45.5 Å². The zero-order chi connectivity index (χ0) is 19.6. The largest absolute Gasteiger partial charge is 0.353 e. The van der Waals surface area contributed by atoms with E-state index in [2.05, 4.69) is 33.9 Å². The number of rotatable bonds is 10. The van der Waals surface area contributed by atoms with Crippen molar-refractivity contribution >= 4 is 11.8 Å². The summed E-state index contributed by atoms with van der Waals surface area (Å²) < 4.78 is 0. The maximum Gasteiger partial charge on any atom is 0.237 e. The number of amides is 2. The number of pyridine rings is 1. The molecule has 0 radical (unpaired) electrons. The number of hydrogen-bond donors (Lipinski definition) is 1. The zero-order valence-electron chi connectivity index (χ0n) is 16.9. The Kier molecular flexibility index (Phi) is 8.67. The van der Waals surface area contributed by atoms with E-state index in [9.17, 15) is 9.59 Å². The van der Waals surface area contributed by atoms with Crippen molar-refractivity contribution in [3.05, 3.63) is 30.1 Å². The number of carbonyl (C=O) groups is 2. The predicted octanol–water partition coefficient (Wildman–Crippen LogP) is 0.962. The molecule has 1 aromatic rings. The Balaban J connectivity index is 1.99. The summed E-state index contributed by atoms with van der Waals surface area (Å²) in [5.41, 5.74) is 0.915. The third-order valence-corrected chi connectivity index (χ3v) is 5.22. The van der Waals surface area contributed by atoms with Crippen LogP contribution in [0, 0.1) is 0 Å². The Labute approximate surface area is 162 Å². The van der Waals surface area contributed by atoms with E-state index in [4.69, 9.17) is 0 Å². The number of piperazine rings is 1. The Hall–Kier alpha value is -1.99. The van der Waals surface area contributed by atoms with Crippen molar-refractivity contribution < 1.29 is 9.59 Å². The van der Waals surface area contributed by atoms with Crippen LogP contribution >= 0.6 is 0 Å².